The topological polar surface area (TPSA) is 90.9 Å². The Morgan fingerprint density at radius 1 is 1.15 bits per heavy atom. The number of nitrogens with zero attached hydrogens (tertiary/aromatic N) is 3. The molecule has 3 N–H and O–H groups in total. The molecule has 6 nitrogen and oxygen atoms in total. The largest absolute Gasteiger partial charge is 0.508 e. The number of rotatable bonds is 11. The van der Waals surface area contributed by atoms with E-state index in [2.05, 4.69) is 36.7 Å². The lowest BCUT2D eigenvalue weighted by Gasteiger charge is -2.13. The Bertz CT molecular complexity index is 1200. The fraction of sp³-hybridized carbons (Fsp3) is 0.357. The molecule has 1 aromatic heterocycles. The molecule has 0 fully saturated rings. The molecule has 180 valence electrons. The molecule has 0 saturated heterocycles. The number of aliphatic imine (C=N–C) groups is 1. The molecule has 0 bridgehead atoms. The maximum atomic E-state index is 9.63. The van der Waals surface area contributed by atoms with Gasteiger partial charge in [-0.15, -0.1) is 0 Å². The lowest BCUT2D eigenvalue weighted by molar-refractivity contribution is 0.152. The van der Waals surface area contributed by atoms with Crippen molar-refractivity contribution in [1.82, 2.24) is 9.55 Å². The minimum absolute atomic E-state index is 0.170. The van der Waals surface area contributed by atoms with Crippen LogP contribution in [-0.2, 0) is 0 Å². The maximum Gasteiger partial charge on any atom is 0.115 e. The van der Waals surface area contributed by atoms with E-state index in [1.165, 1.54) is 5.57 Å². The number of fused-ring (bicyclic) bond motifs is 1. The fourth-order valence-electron chi connectivity index (χ4n) is 4.03. The van der Waals surface area contributed by atoms with Gasteiger partial charge in [-0.3, -0.25) is 4.99 Å². The summed E-state index contributed by atoms with van der Waals surface area (Å²) < 4.78 is 1.80. The first kappa shape index (κ1) is 25.4. The van der Waals surface area contributed by atoms with Crippen LogP contribution in [0.25, 0.3) is 17.8 Å². The number of aromatic nitrogens is 2. The Balaban J connectivity index is 1.74. The van der Waals surface area contributed by atoms with Crippen molar-refractivity contribution >= 4 is 23.6 Å². The third-order valence-electron chi connectivity index (χ3n) is 5.91. The van der Waals surface area contributed by atoms with Gasteiger partial charge in [0, 0.05) is 6.42 Å². The van der Waals surface area contributed by atoms with Crippen LogP contribution in [0.5, 0.6) is 5.75 Å². The van der Waals surface area contributed by atoms with Crippen LogP contribution < -0.4 is 10.7 Å². The monoisotopic (exact) mass is 461 g/mol. The van der Waals surface area contributed by atoms with Crippen molar-refractivity contribution in [2.45, 2.75) is 52.0 Å². The van der Waals surface area contributed by atoms with Gasteiger partial charge in [0.25, 0.3) is 0 Å². The fourth-order valence-corrected chi connectivity index (χ4v) is 4.03. The molecule has 0 saturated carbocycles. The van der Waals surface area contributed by atoms with Crippen molar-refractivity contribution in [3.05, 3.63) is 76.7 Å². The predicted octanol–water partition coefficient (Wildman–Crippen LogP) is 3.64. The Morgan fingerprint density at radius 2 is 1.88 bits per heavy atom. The SMILES string of the molecule is C=C1C=c2c(ncn2C(CO)CO)=C(C)N=C1C/C(=C/CC/C=C/c1ccc(O)cc1)CCC. The Labute approximate surface area is 201 Å². The number of unbranched alkanes of at least 4 members (excludes halogenated alkanes) is 1. The summed E-state index contributed by atoms with van der Waals surface area (Å²) in [7, 11) is 0. The summed E-state index contributed by atoms with van der Waals surface area (Å²) in [6, 6.07) is 6.74. The van der Waals surface area contributed by atoms with Gasteiger partial charge in [-0.1, -0.05) is 55.9 Å². The highest BCUT2D eigenvalue weighted by Crippen LogP contribution is 2.19. The van der Waals surface area contributed by atoms with Crippen LogP contribution in [0.1, 0.15) is 57.6 Å². The van der Waals surface area contributed by atoms with E-state index in [-0.39, 0.29) is 19.0 Å². The first-order valence-electron chi connectivity index (χ1n) is 11.8. The van der Waals surface area contributed by atoms with Gasteiger partial charge >= 0.3 is 0 Å². The Morgan fingerprint density at radius 3 is 2.56 bits per heavy atom. The van der Waals surface area contributed by atoms with Crippen molar-refractivity contribution in [2.24, 2.45) is 4.99 Å². The van der Waals surface area contributed by atoms with Crippen LogP contribution in [0.3, 0.4) is 0 Å². The molecule has 0 radical (unpaired) electrons. The van der Waals surface area contributed by atoms with Crippen LogP contribution in [0.4, 0.5) is 0 Å². The second kappa shape index (κ2) is 12.3. The van der Waals surface area contributed by atoms with Gasteiger partial charge in [-0.2, -0.15) is 0 Å². The molecule has 0 unspecified atom stereocenters. The second-order valence-electron chi connectivity index (χ2n) is 8.58. The van der Waals surface area contributed by atoms with E-state index >= 15 is 0 Å². The van der Waals surface area contributed by atoms with E-state index in [1.807, 2.05) is 25.1 Å². The van der Waals surface area contributed by atoms with Gasteiger partial charge in [0.15, 0.2) is 0 Å². The first-order valence-corrected chi connectivity index (χ1v) is 11.8. The molecule has 34 heavy (non-hydrogen) atoms. The molecule has 0 aliphatic carbocycles. The molecule has 3 rings (SSSR count). The standard InChI is InChI=1S/C28H35N3O3/c1-4-8-23(10-7-5-6-9-22-11-13-25(34)14-12-22)16-26-20(2)15-27-28(21(3)30-26)29-19-31(27)24(17-32)18-33/h6,9-15,19,24,32-34H,2,4-5,7-8,16-18H2,1,3H3/b9-6+,23-10+. The van der Waals surface area contributed by atoms with Crippen molar-refractivity contribution in [3.63, 3.8) is 0 Å². The summed E-state index contributed by atoms with van der Waals surface area (Å²) in [5.74, 6) is 0.276. The molecular formula is C28H35N3O3. The molecule has 2 heterocycles. The van der Waals surface area contributed by atoms with Crippen LogP contribution in [0.15, 0.2) is 65.5 Å². The first-order chi connectivity index (χ1) is 16.5. The zero-order chi connectivity index (χ0) is 24.5. The molecule has 1 aliphatic heterocycles. The molecule has 0 amide bonds. The molecule has 6 heteroatoms. The van der Waals surface area contributed by atoms with E-state index in [0.717, 1.165) is 65.3 Å². The van der Waals surface area contributed by atoms with Crippen molar-refractivity contribution in [3.8, 4) is 5.75 Å². The molecule has 0 atom stereocenters. The summed E-state index contributed by atoms with van der Waals surface area (Å²) in [4.78, 5) is 9.35. The highest BCUT2D eigenvalue weighted by atomic mass is 16.3. The number of allylic oxidation sites excluding steroid dienone is 4. The molecule has 0 spiro atoms. The van der Waals surface area contributed by atoms with Gasteiger partial charge in [0.05, 0.1) is 42.3 Å². The van der Waals surface area contributed by atoms with Gasteiger partial charge in [0.2, 0.25) is 0 Å². The number of phenolic OH excluding ortho intramolecular Hbond substituents is 1. The van der Waals surface area contributed by atoms with E-state index < -0.39 is 6.04 Å². The smallest absolute Gasteiger partial charge is 0.115 e. The minimum Gasteiger partial charge on any atom is -0.508 e. The maximum absolute atomic E-state index is 9.63. The third kappa shape index (κ3) is 6.43. The number of benzene rings is 1. The second-order valence-corrected chi connectivity index (χ2v) is 8.58. The number of aromatic hydroxyl groups is 1. The Kier molecular flexibility index (Phi) is 9.19. The quantitative estimate of drug-likeness (QED) is 0.352. The zero-order valence-electron chi connectivity index (χ0n) is 20.1. The normalized spacial score (nSPS) is 14.4. The summed E-state index contributed by atoms with van der Waals surface area (Å²) in [5, 5.41) is 30.2. The van der Waals surface area contributed by atoms with Gasteiger partial charge in [-0.05, 0) is 55.5 Å². The summed E-state index contributed by atoms with van der Waals surface area (Å²) >= 11 is 0. The highest BCUT2D eigenvalue weighted by molar-refractivity contribution is 6.09. The molecule has 1 aromatic carbocycles. The highest BCUT2D eigenvalue weighted by Gasteiger charge is 2.16. The summed E-state index contributed by atoms with van der Waals surface area (Å²) in [6.45, 7) is 8.04. The van der Waals surface area contributed by atoms with Crippen LogP contribution in [0.2, 0.25) is 0 Å². The van der Waals surface area contributed by atoms with Crippen LogP contribution in [0, 0.1) is 0 Å². The predicted molar refractivity (Wildman–Crippen MR) is 139 cm³/mol. The minimum atomic E-state index is -0.445. The lowest BCUT2D eigenvalue weighted by atomic mass is 9.98. The molecule has 2 aromatic rings. The van der Waals surface area contributed by atoms with Crippen molar-refractivity contribution < 1.29 is 15.3 Å². The molecule has 1 aliphatic rings. The number of aliphatic hydroxyl groups excluding tert-OH is 2. The third-order valence-corrected chi connectivity index (χ3v) is 5.91. The lowest BCUT2D eigenvalue weighted by Crippen LogP contribution is -2.35. The number of imidazole rings is 1. The van der Waals surface area contributed by atoms with E-state index in [1.54, 1.807) is 23.0 Å². The van der Waals surface area contributed by atoms with Crippen LogP contribution >= 0.6 is 0 Å². The van der Waals surface area contributed by atoms with Crippen molar-refractivity contribution in [2.75, 3.05) is 13.2 Å². The number of hydrogen-bond donors (Lipinski definition) is 3. The van der Waals surface area contributed by atoms with Gasteiger partial charge < -0.3 is 19.9 Å². The summed E-state index contributed by atoms with van der Waals surface area (Å²) in [5.41, 5.74) is 4.96. The average molecular weight is 462 g/mol. The molecular weight excluding hydrogens is 426 g/mol. The van der Waals surface area contributed by atoms with Gasteiger partial charge in [-0.25, -0.2) is 4.98 Å². The summed E-state index contributed by atoms with van der Waals surface area (Å²) in [6.07, 6.45) is 14.8. The van der Waals surface area contributed by atoms with Gasteiger partial charge in [0.1, 0.15) is 11.1 Å². The van der Waals surface area contributed by atoms with E-state index in [0.29, 0.717) is 0 Å². The van der Waals surface area contributed by atoms with Crippen molar-refractivity contribution in [1.29, 1.82) is 0 Å². The number of aliphatic hydroxyl groups is 2. The zero-order valence-corrected chi connectivity index (χ0v) is 20.1. The van der Waals surface area contributed by atoms with Crippen LogP contribution in [-0.4, -0.2) is 43.8 Å². The average Bonchev–Trinajstić information content (AvgIpc) is 3.18. The van der Waals surface area contributed by atoms with E-state index in [4.69, 9.17) is 4.99 Å². The van der Waals surface area contributed by atoms with E-state index in [9.17, 15) is 15.3 Å². The Hall–Kier alpha value is -3.22. The number of hydrogen-bond acceptors (Lipinski definition) is 5. The number of phenols is 1.